The average Bonchev–Trinajstić information content (AvgIpc) is 3.57. The monoisotopic (exact) mass is 551 g/mol. The van der Waals surface area contributed by atoms with Crippen molar-refractivity contribution in [3.8, 4) is 10.9 Å². The van der Waals surface area contributed by atoms with Gasteiger partial charge in [-0.1, -0.05) is 24.2 Å². The number of carbonyl (C=O) groups is 1. The van der Waals surface area contributed by atoms with Gasteiger partial charge in [-0.3, -0.25) is 9.36 Å². The van der Waals surface area contributed by atoms with Gasteiger partial charge in [0.1, 0.15) is 5.75 Å². The zero-order valence-corrected chi connectivity index (χ0v) is 23.8. The predicted molar refractivity (Wildman–Crippen MR) is 157 cm³/mol. The van der Waals surface area contributed by atoms with E-state index >= 15 is 0 Å². The molecule has 9 nitrogen and oxygen atoms in total. The molecule has 10 heteroatoms. The largest absolute Gasteiger partial charge is 0.494 e. The minimum absolute atomic E-state index is 0.0857. The molecular weight excluding hydrogens is 510 g/mol. The molecule has 2 aliphatic heterocycles. The van der Waals surface area contributed by atoms with Crippen molar-refractivity contribution in [2.45, 2.75) is 52.0 Å². The Bertz CT molecular complexity index is 1160. The Morgan fingerprint density at radius 1 is 1.00 bits per heavy atom. The Morgan fingerprint density at radius 3 is 2.49 bits per heavy atom. The third kappa shape index (κ3) is 7.51. The standard InChI is InChI=1S/C29H41N7O2S/c1-2-38-26-11-9-24(10-12-26)31-22-25-8-7-18-36(25)29-33-32-28(39-29)35-19-13-23(14-20-35)27(37)30-15-21-34-16-5-3-4-6-17-34/h7-12,18,23,31H,2-6,13-17,19-22H2,1H3,(H,30,37). The molecule has 0 saturated carbocycles. The highest BCUT2D eigenvalue weighted by Crippen LogP contribution is 2.29. The van der Waals surface area contributed by atoms with E-state index in [9.17, 15) is 4.79 Å². The van der Waals surface area contributed by atoms with Crippen molar-refractivity contribution in [2.24, 2.45) is 5.92 Å². The smallest absolute Gasteiger partial charge is 0.223 e. The van der Waals surface area contributed by atoms with Gasteiger partial charge in [0, 0.05) is 49.7 Å². The fourth-order valence-corrected chi connectivity index (χ4v) is 6.30. The highest BCUT2D eigenvalue weighted by molar-refractivity contribution is 7.17. The number of anilines is 2. The van der Waals surface area contributed by atoms with E-state index in [0.29, 0.717) is 13.2 Å². The van der Waals surface area contributed by atoms with Gasteiger partial charge in [0.15, 0.2) is 0 Å². The van der Waals surface area contributed by atoms with Gasteiger partial charge in [-0.25, -0.2) is 0 Å². The van der Waals surface area contributed by atoms with E-state index < -0.39 is 0 Å². The second kappa shape index (κ2) is 13.8. The Hall–Kier alpha value is -3.11. The maximum atomic E-state index is 12.8. The number of amides is 1. The maximum absolute atomic E-state index is 12.8. The molecule has 39 heavy (non-hydrogen) atoms. The van der Waals surface area contributed by atoms with Gasteiger partial charge in [0.2, 0.25) is 16.2 Å². The molecule has 2 fully saturated rings. The lowest BCUT2D eigenvalue weighted by molar-refractivity contribution is -0.125. The van der Waals surface area contributed by atoms with E-state index in [1.54, 1.807) is 11.3 Å². The summed E-state index contributed by atoms with van der Waals surface area (Å²) in [7, 11) is 0. The molecule has 3 aromatic rings. The Morgan fingerprint density at radius 2 is 1.74 bits per heavy atom. The number of ether oxygens (including phenoxy) is 1. The van der Waals surface area contributed by atoms with Gasteiger partial charge in [-0.15, -0.1) is 10.2 Å². The molecule has 2 saturated heterocycles. The van der Waals surface area contributed by atoms with Gasteiger partial charge < -0.3 is 25.2 Å². The molecule has 4 heterocycles. The Balaban J connectivity index is 1.08. The molecule has 5 rings (SSSR count). The summed E-state index contributed by atoms with van der Waals surface area (Å²) in [5.41, 5.74) is 2.15. The van der Waals surface area contributed by atoms with E-state index in [2.05, 4.69) is 41.3 Å². The topological polar surface area (TPSA) is 87.5 Å². The van der Waals surface area contributed by atoms with Crippen LogP contribution in [-0.2, 0) is 11.3 Å². The molecule has 0 unspecified atom stereocenters. The number of nitrogens with zero attached hydrogens (tertiary/aromatic N) is 5. The minimum atomic E-state index is 0.0857. The molecule has 0 bridgehead atoms. The molecule has 2 aliphatic rings. The van der Waals surface area contributed by atoms with E-state index in [1.807, 2.05) is 43.5 Å². The van der Waals surface area contributed by atoms with Crippen LogP contribution >= 0.6 is 11.3 Å². The molecule has 1 aromatic carbocycles. The molecule has 0 spiro atoms. The van der Waals surface area contributed by atoms with Crippen LogP contribution in [0.3, 0.4) is 0 Å². The van der Waals surface area contributed by atoms with Crippen molar-refractivity contribution in [3.05, 3.63) is 48.3 Å². The van der Waals surface area contributed by atoms with Crippen LogP contribution in [-0.4, -0.2) is 71.4 Å². The number of hydrogen-bond donors (Lipinski definition) is 2. The zero-order chi connectivity index (χ0) is 26.9. The molecule has 1 amide bonds. The van der Waals surface area contributed by atoms with Crippen LogP contribution in [0.4, 0.5) is 10.8 Å². The predicted octanol–water partition coefficient (Wildman–Crippen LogP) is 4.55. The van der Waals surface area contributed by atoms with Crippen LogP contribution < -0.4 is 20.3 Å². The zero-order valence-electron chi connectivity index (χ0n) is 23.0. The quantitative estimate of drug-likeness (QED) is 0.362. The summed E-state index contributed by atoms with van der Waals surface area (Å²) in [4.78, 5) is 17.5. The van der Waals surface area contributed by atoms with Crippen molar-refractivity contribution < 1.29 is 9.53 Å². The number of rotatable bonds is 11. The Labute approximate surface area is 235 Å². The number of hydrogen-bond acceptors (Lipinski definition) is 8. The normalized spacial score (nSPS) is 17.1. The molecule has 2 aromatic heterocycles. The number of piperidine rings is 1. The van der Waals surface area contributed by atoms with Gasteiger partial charge in [-0.05, 0) is 82.1 Å². The lowest BCUT2D eigenvalue weighted by Gasteiger charge is -2.30. The summed E-state index contributed by atoms with van der Waals surface area (Å²) in [5.74, 6) is 1.17. The van der Waals surface area contributed by atoms with Gasteiger partial charge in [-0.2, -0.15) is 0 Å². The van der Waals surface area contributed by atoms with Crippen molar-refractivity contribution in [1.29, 1.82) is 0 Å². The Kier molecular flexibility index (Phi) is 9.71. The summed E-state index contributed by atoms with van der Waals surface area (Å²) in [6.45, 7) is 9.04. The van der Waals surface area contributed by atoms with E-state index in [1.165, 1.54) is 38.8 Å². The molecular formula is C29H41N7O2S. The molecule has 0 atom stereocenters. The van der Waals surface area contributed by atoms with Crippen LogP contribution in [0.15, 0.2) is 42.6 Å². The SMILES string of the molecule is CCOc1ccc(NCc2cccn2-c2nnc(N3CCC(C(=O)NCCN4CCCCCC4)CC3)s2)cc1. The lowest BCUT2D eigenvalue weighted by atomic mass is 9.96. The second-order valence-electron chi connectivity index (χ2n) is 10.4. The number of carbonyl (C=O) groups excluding carboxylic acids is 1. The molecule has 210 valence electrons. The maximum Gasteiger partial charge on any atom is 0.223 e. The van der Waals surface area contributed by atoms with Gasteiger partial charge >= 0.3 is 0 Å². The lowest BCUT2D eigenvalue weighted by Crippen LogP contribution is -2.42. The summed E-state index contributed by atoms with van der Waals surface area (Å²) >= 11 is 1.60. The average molecular weight is 552 g/mol. The number of likely N-dealkylation sites (tertiary alicyclic amines) is 1. The first kappa shape index (κ1) is 27.5. The van der Waals surface area contributed by atoms with Crippen LogP contribution in [0, 0.1) is 5.92 Å². The molecule has 2 N–H and O–H groups in total. The third-order valence-electron chi connectivity index (χ3n) is 7.64. The van der Waals surface area contributed by atoms with Crippen molar-refractivity contribution >= 4 is 28.1 Å². The number of nitrogens with one attached hydrogen (secondary N) is 2. The van der Waals surface area contributed by atoms with Crippen LogP contribution in [0.1, 0.15) is 51.1 Å². The fraction of sp³-hybridized carbons (Fsp3) is 0.552. The van der Waals surface area contributed by atoms with E-state index in [0.717, 1.165) is 66.4 Å². The first-order valence-electron chi connectivity index (χ1n) is 14.4. The molecule has 0 aliphatic carbocycles. The fourth-order valence-electron chi connectivity index (χ4n) is 5.38. The first-order chi connectivity index (χ1) is 19.2. The van der Waals surface area contributed by atoms with Crippen molar-refractivity contribution in [3.63, 3.8) is 0 Å². The number of aromatic nitrogens is 3. The van der Waals surface area contributed by atoms with Crippen molar-refractivity contribution in [2.75, 3.05) is 56.1 Å². The minimum Gasteiger partial charge on any atom is -0.494 e. The summed E-state index contributed by atoms with van der Waals surface area (Å²) in [6.07, 6.45) is 8.98. The van der Waals surface area contributed by atoms with Crippen LogP contribution in [0.25, 0.3) is 5.13 Å². The van der Waals surface area contributed by atoms with Gasteiger partial charge in [0.25, 0.3) is 0 Å². The highest BCUT2D eigenvalue weighted by Gasteiger charge is 2.27. The van der Waals surface area contributed by atoms with E-state index in [-0.39, 0.29) is 11.8 Å². The summed E-state index contributed by atoms with van der Waals surface area (Å²) in [6, 6.07) is 12.1. The van der Waals surface area contributed by atoms with Crippen LogP contribution in [0.2, 0.25) is 0 Å². The highest BCUT2D eigenvalue weighted by atomic mass is 32.1. The second-order valence-corrected chi connectivity index (χ2v) is 11.3. The van der Waals surface area contributed by atoms with Crippen molar-refractivity contribution in [1.82, 2.24) is 25.0 Å². The van der Waals surface area contributed by atoms with Crippen LogP contribution in [0.5, 0.6) is 5.75 Å². The third-order valence-corrected chi connectivity index (χ3v) is 8.63. The first-order valence-corrected chi connectivity index (χ1v) is 15.2. The van der Waals surface area contributed by atoms with Gasteiger partial charge in [0.05, 0.1) is 13.2 Å². The number of benzene rings is 1. The molecule has 0 radical (unpaired) electrons. The summed E-state index contributed by atoms with van der Waals surface area (Å²) < 4.78 is 7.62. The summed E-state index contributed by atoms with van der Waals surface area (Å²) in [5, 5.41) is 17.4. The van der Waals surface area contributed by atoms with E-state index in [4.69, 9.17) is 4.74 Å².